The normalized spacial score (nSPS) is 21.1. The fourth-order valence-electron chi connectivity index (χ4n) is 5.20. The van der Waals surface area contributed by atoms with Crippen LogP contribution in [0.25, 0.3) is 11.2 Å². The fraction of sp³-hybridized carbons (Fsp3) is 0.586. The maximum Gasteiger partial charge on any atom is 0.469 e. The number of phosphoric ester groups is 1. The third-order valence-electron chi connectivity index (χ3n) is 7.62. The molecule has 0 radical (unpaired) electrons. The SMILES string of the molecule is CC(C)(C)OC(=O)NCCSSCCNCc1cc(CSc2nc3c(N)ncnc3n2[C@@H]2O[C@H](COP(=O)(O)O)[C@@H](O)[C@H]2O)cc(C2(C(F)(F)F)N=N2)c1. The summed E-state index contributed by atoms with van der Waals surface area (Å²) in [5.41, 5.74) is 3.81. The molecule has 1 saturated heterocycles. The van der Waals surface area contributed by atoms with E-state index in [9.17, 15) is 32.7 Å². The number of benzene rings is 1. The summed E-state index contributed by atoms with van der Waals surface area (Å²) in [5.74, 6) is 1.34. The zero-order valence-corrected chi connectivity index (χ0v) is 32.3. The summed E-state index contributed by atoms with van der Waals surface area (Å²) >= 11 is 1.04. The number of carbonyl (C=O) groups is 1. The molecule has 4 atom stereocenters. The minimum Gasteiger partial charge on any atom is -0.444 e. The number of aromatic nitrogens is 4. The summed E-state index contributed by atoms with van der Waals surface area (Å²) in [5, 5.41) is 34.3. The maximum absolute atomic E-state index is 14.1. The van der Waals surface area contributed by atoms with Gasteiger partial charge in [0.2, 0.25) is 0 Å². The van der Waals surface area contributed by atoms with Crippen LogP contribution in [0.4, 0.5) is 23.8 Å². The lowest BCUT2D eigenvalue weighted by Gasteiger charge is -2.20. The largest absolute Gasteiger partial charge is 0.469 e. The Labute approximate surface area is 318 Å². The number of alkyl halides is 3. The van der Waals surface area contributed by atoms with Gasteiger partial charge in [-0.25, -0.2) is 24.3 Å². The van der Waals surface area contributed by atoms with Crippen LogP contribution in [0.2, 0.25) is 0 Å². The number of imidazole rings is 1. The molecule has 54 heavy (non-hydrogen) atoms. The number of hydrogen-bond acceptors (Lipinski definition) is 17. The van der Waals surface area contributed by atoms with Crippen LogP contribution in [0.1, 0.15) is 43.7 Å². The molecular formula is C29H39F3N9O9PS3. The van der Waals surface area contributed by atoms with Crippen molar-refractivity contribution in [1.29, 1.82) is 0 Å². The van der Waals surface area contributed by atoms with Crippen molar-refractivity contribution in [2.75, 3.05) is 36.9 Å². The van der Waals surface area contributed by atoms with Gasteiger partial charge >= 0.3 is 25.8 Å². The van der Waals surface area contributed by atoms with E-state index in [1.807, 2.05) is 0 Å². The predicted molar refractivity (Wildman–Crippen MR) is 193 cm³/mol. The molecule has 5 rings (SSSR count). The first-order valence-corrected chi connectivity index (χ1v) is 21.2. The van der Waals surface area contributed by atoms with E-state index in [4.69, 9.17) is 25.0 Å². The third kappa shape index (κ3) is 10.7. The Balaban J connectivity index is 1.27. The lowest BCUT2D eigenvalue weighted by molar-refractivity contribution is -0.166. The molecular weight excluding hydrogens is 803 g/mol. The lowest BCUT2D eigenvalue weighted by Crippen LogP contribution is -2.33. The van der Waals surface area contributed by atoms with Crippen molar-refractivity contribution in [2.24, 2.45) is 10.2 Å². The number of anilines is 1. The molecule has 0 spiro atoms. The van der Waals surface area contributed by atoms with Gasteiger partial charge in [0.1, 0.15) is 30.2 Å². The molecule has 8 N–H and O–H groups in total. The summed E-state index contributed by atoms with van der Waals surface area (Å²) in [4.78, 5) is 42.6. The number of hydrogen-bond donors (Lipinski definition) is 7. The highest BCUT2D eigenvalue weighted by Crippen LogP contribution is 2.53. The van der Waals surface area contributed by atoms with Crippen molar-refractivity contribution in [3.63, 3.8) is 0 Å². The second kappa shape index (κ2) is 17.2. The molecule has 3 aromatic rings. The van der Waals surface area contributed by atoms with Gasteiger partial charge in [-0.2, -0.15) is 13.2 Å². The van der Waals surface area contributed by atoms with Gasteiger partial charge < -0.3 is 45.8 Å². The third-order valence-corrected chi connectivity index (χ3v) is 11.5. The quantitative estimate of drug-likeness (QED) is 0.0443. The van der Waals surface area contributed by atoms with Crippen LogP contribution < -0.4 is 16.4 Å². The second-order valence-corrected chi connectivity index (χ2v) is 17.9. The van der Waals surface area contributed by atoms with Crippen LogP contribution >= 0.6 is 41.2 Å². The lowest BCUT2D eigenvalue weighted by atomic mass is 9.97. The highest BCUT2D eigenvalue weighted by atomic mass is 33.1. The smallest absolute Gasteiger partial charge is 0.444 e. The highest BCUT2D eigenvalue weighted by molar-refractivity contribution is 8.76. The number of nitrogen functional groups attached to an aromatic ring is 1. The first-order chi connectivity index (χ1) is 25.3. The van der Waals surface area contributed by atoms with Crippen molar-refractivity contribution in [3.8, 4) is 0 Å². The van der Waals surface area contributed by atoms with E-state index in [-0.39, 0.29) is 40.0 Å². The Morgan fingerprint density at radius 1 is 1.07 bits per heavy atom. The van der Waals surface area contributed by atoms with E-state index < -0.39 is 62.5 Å². The van der Waals surface area contributed by atoms with Gasteiger partial charge in [-0.05, 0) is 38.0 Å². The molecule has 0 aliphatic carbocycles. The Kier molecular flexibility index (Phi) is 13.5. The first-order valence-electron chi connectivity index (χ1n) is 16.2. The van der Waals surface area contributed by atoms with E-state index in [0.717, 1.165) is 18.1 Å². The van der Waals surface area contributed by atoms with Gasteiger partial charge in [0, 0.05) is 42.5 Å². The molecule has 0 unspecified atom stereocenters. The molecule has 2 aliphatic rings. The van der Waals surface area contributed by atoms with Gasteiger partial charge in [-0.1, -0.05) is 45.5 Å². The van der Waals surface area contributed by atoms with Gasteiger partial charge in [-0.3, -0.25) is 9.09 Å². The number of carbonyl (C=O) groups excluding carboxylic acids is 1. The summed E-state index contributed by atoms with van der Waals surface area (Å²) in [6, 6.07) is 4.47. The number of alkyl carbamates (subject to hydrolysis) is 1. The summed E-state index contributed by atoms with van der Waals surface area (Å²) in [6.45, 7) is 5.77. The monoisotopic (exact) mass is 841 g/mol. The molecule has 0 bridgehead atoms. The maximum atomic E-state index is 14.1. The van der Waals surface area contributed by atoms with Crippen LogP contribution in [-0.2, 0) is 36.5 Å². The highest BCUT2D eigenvalue weighted by Gasteiger charge is 2.65. The zero-order chi connectivity index (χ0) is 39.5. The van der Waals surface area contributed by atoms with Gasteiger partial charge in [0.25, 0.3) is 0 Å². The fourth-order valence-corrected chi connectivity index (χ4v) is 8.35. The summed E-state index contributed by atoms with van der Waals surface area (Å²) in [6.07, 6.45) is -10.1. The number of aliphatic hydroxyl groups excluding tert-OH is 2. The number of phosphoric acid groups is 1. The molecule has 18 nitrogen and oxygen atoms in total. The summed E-state index contributed by atoms with van der Waals surface area (Å²) in [7, 11) is -1.81. The van der Waals surface area contributed by atoms with E-state index >= 15 is 0 Å². The van der Waals surface area contributed by atoms with E-state index in [2.05, 4.69) is 40.3 Å². The average molecular weight is 842 g/mol. The van der Waals surface area contributed by atoms with Gasteiger partial charge in [0.05, 0.1) is 6.61 Å². The molecule has 25 heteroatoms. The average Bonchev–Trinajstić information content (AvgIpc) is 3.75. The van der Waals surface area contributed by atoms with Gasteiger partial charge in [0.15, 0.2) is 28.4 Å². The number of nitrogens with zero attached hydrogens (tertiary/aromatic N) is 6. The molecule has 0 saturated carbocycles. The van der Waals surface area contributed by atoms with Gasteiger partial charge in [-0.15, -0.1) is 10.2 Å². The zero-order valence-electron chi connectivity index (χ0n) is 29.0. The predicted octanol–water partition coefficient (Wildman–Crippen LogP) is 3.61. The summed E-state index contributed by atoms with van der Waals surface area (Å²) < 4.78 is 70.3. The topological polar surface area (TPSA) is 261 Å². The number of ether oxygens (including phenoxy) is 2. The van der Waals surface area contributed by atoms with Crippen molar-refractivity contribution in [1.82, 2.24) is 30.2 Å². The Hall–Kier alpha value is -2.77. The van der Waals surface area contributed by atoms with Crippen LogP contribution in [0.15, 0.2) is 39.9 Å². The number of nitrogens with two attached hydrogens (primary N) is 1. The van der Waals surface area contributed by atoms with E-state index in [1.165, 1.54) is 16.7 Å². The molecule has 2 aromatic heterocycles. The molecule has 2 aliphatic heterocycles. The Morgan fingerprint density at radius 3 is 2.41 bits per heavy atom. The van der Waals surface area contributed by atoms with Crippen LogP contribution in [-0.4, -0.2) is 107 Å². The van der Waals surface area contributed by atoms with Crippen molar-refractivity contribution >= 4 is 64.2 Å². The number of rotatable bonds is 17. The van der Waals surface area contributed by atoms with Crippen molar-refractivity contribution in [2.45, 2.75) is 80.2 Å². The minimum absolute atomic E-state index is 0.0246. The van der Waals surface area contributed by atoms with E-state index in [1.54, 1.807) is 48.4 Å². The van der Waals surface area contributed by atoms with Crippen molar-refractivity contribution in [3.05, 3.63) is 41.2 Å². The number of fused-ring (bicyclic) bond motifs is 1. The molecule has 298 valence electrons. The van der Waals surface area contributed by atoms with Crippen LogP contribution in [0.3, 0.4) is 0 Å². The van der Waals surface area contributed by atoms with Crippen LogP contribution in [0.5, 0.6) is 0 Å². The number of aliphatic hydroxyl groups is 2. The molecule has 4 heterocycles. The standard InChI is InChI=1S/C29H39F3N9O9PS3/c1-27(2,3)50-26(44)35-5-7-54-53-6-4-34-11-15-8-16(10-17(9-15)28(39-40-28)29(30,31)32)13-52-25-38-19-22(33)36-14-37-23(19)41(25)24-21(43)20(42)18(49-24)12-48-51(45,46)47/h8-10,14,18,20-21,24,34,42-43H,4-7,11-13H2,1-3H3,(H,35,44)(H2,33,36,37)(H2,45,46,47)/t18-,20-,21-,24-/m1/s1. The Morgan fingerprint density at radius 2 is 1.76 bits per heavy atom. The van der Waals surface area contributed by atoms with E-state index in [0.29, 0.717) is 35.7 Å². The molecule has 1 fully saturated rings. The number of amides is 1. The number of thioether (sulfide) groups is 1. The van der Waals surface area contributed by atoms with Crippen LogP contribution in [0, 0.1) is 0 Å². The molecule has 1 aromatic carbocycles. The molecule has 1 amide bonds. The number of nitrogens with one attached hydrogen (secondary N) is 2. The first kappa shape index (κ1) is 42.4. The van der Waals surface area contributed by atoms with Crippen molar-refractivity contribution < 1.29 is 56.5 Å². The Bertz CT molecular complexity index is 1880. The number of halogens is 3. The second-order valence-electron chi connectivity index (χ2n) is 13.0. The minimum atomic E-state index is -4.93.